The Kier molecular flexibility index (Phi) is 4.91. The number of nitrogens with one attached hydrogen (secondary N) is 2. The van der Waals surface area contributed by atoms with Crippen LogP contribution in [0.15, 0.2) is 0 Å². The number of hydrogen-bond donors (Lipinski definition) is 2. The summed E-state index contributed by atoms with van der Waals surface area (Å²) in [5.41, 5.74) is -0.473. The van der Waals surface area contributed by atoms with Crippen molar-refractivity contribution in [3.05, 3.63) is 0 Å². The molecule has 2 N–H and O–H groups in total. The smallest absolute Gasteiger partial charge is 0.279 e. The predicted octanol–water partition coefficient (Wildman–Crippen LogP) is -0.460. The fraction of sp³-hybridized carbons (Fsp3) is 1.00. The Hall–Kier alpha value is -0.210. The summed E-state index contributed by atoms with van der Waals surface area (Å²) in [5, 5.41) is 3.17. The van der Waals surface area contributed by atoms with Gasteiger partial charge in [-0.25, -0.2) is 0 Å². The summed E-state index contributed by atoms with van der Waals surface area (Å²) in [6.45, 7) is 7.96. The lowest BCUT2D eigenvalue weighted by Gasteiger charge is -2.30. The van der Waals surface area contributed by atoms with Crippen LogP contribution in [0.5, 0.6) is 0 Å². The van der Waals surface area contributed by atoms with Gasteiger partial charge in [0.1, 0.15) is 0 Å². The predicted molar refractivity (Wildman–Crippen MR) is 67.0 cm³/mol. The van der Waals surface area contributed by atoms with E-state index >= 15 is 0 Å². The zero-order valence-electron chi connectivity index (χ0n) is 11.0. The van der Waals surface area contributed by atoms with Gasteiger partial charge in [0, 0.05) is 32.2 Å². The molecule has 1 heterocycles. The Labute approximate surface area is 104 Å². The van der Waals surface area contributed by atoms with Gasteiger partial charge in [-0.2, -0.15) is 17.4 Å². The normalized spacial score (nSPS) is 23.0. The standard InChI is InChI=1S/C10H23N3O3S/c1-10(2,3)12-17(14,15)13(4)8-9-7-11-5-6-16-9/h9,11-12H,5-8H2,1-4H3. The molecule has 1 fully saturated rings. The Morgan fingerprint density at radius 3 is 2.59 bits per heavy atom. The van der Waals surface area contributed by atoms with E-state index in [1.807, 2.05) is 20.8 Å². The number of hydrogen-bond acceptors (Lipinski definition) is 4. The van der Waals surface area contributed by atoms with Crippen LogP contribution in [0.2, 0.25) is 0 Å². The molecule has 17 heavy (non-hydrogen) atoms. The Morgan fingerprint density at radius 2 is 2.12 bits per heavy atom. The molecule has 1 rings (SSSR count). The number of rotatable bonds is 4. The molecule has 0 bridgehead atoms. The quantitative estimate of drug-likeness (QED) is 0.721. The minimum Gasteiger partial charge on any atom is -0.374 e. The van der Waals surface area contributed by atoms with Gasteiger partial charge < -0.3 is 10.1 Å². The van der Waals surface area contributed by atoms with E-state index in [1.165, 1.54) is 4.31 Å². The third-order valence-electron chi connectivity index (χ3n) is 2.31. The van der Waals surface area contributed by atoms with Gasteiger partial charge in [0.25, 0.3) is 10.2 Å². The minimum atomic E-state index is -3.44. The van der Waals surface area contributed by atoms with Crippen molar-refractivity contribution in [1.82, 2.24) is 14.3 Å². The topological polar surface area (TPSA) is 70.7 Å². The van der Waals surface area contributed by atoms with E-state index in [0.29, 0.717) is 19.7 Å². The van der Waals surface area contributed by atoms with Crippen LogP contribution in [0.25, 0.3) is 0 Å². The van der Waals surface area contributed by atoms with Crippen LogP contribution in [-0.4, -0.2) is 57.7 Å². The Bertz CT molecular complexity index is 331. The first-order valence-corrected chi connectivity index (χ1v) is 7.22. The molecule has 0 radical (unpaired) electrons. The van der Waals surface area contributed by atoms with Gasteiger partial charge in [0.15, 0.2) is 0 Å². The number of morpholine rings is 1. The largest absolute Gasteiger partial charge is 0.374 e. The van der Waals surface area contributed by atoms with E-state index in [9.17, 15) is 8.42 Å². The zero-order valence-corrected chi connectivity index (χ0v) is 11.8. The highest BCUT2D eigenvalue weighted by Crippen LogP contribution is 2.07. The van der Waals surface area contributed by atoms with Crippen molar-refractivity contribution in [3.8, 4) is 0 Å². The molecule has 102 valence electrons. The van der Waals surface area contributed by atoms with Gasteiger partial charge in [-0.15, -0.1) is 0 Å². The molecule has 1 saturated heterocycles. The highest BCUT2D eigenvalue weighted by Gasteiger charge is 2.27. The van der Waals surface area contributed by atoms with Crippen LogP contribution in [0.3, 0.4) is 0 Å². The summed E-state index contributed by atoms with van der Waals surface area (Å²) in [6, 6.07) is 0. The SMILES string of the molecule is CN(CC1CNCCO1)S(=O)(=O)NC(C)(C)C. The fourth-order valence-electron chi connectivity index (χ4n) is 1.59. The van der Waals surface area contributed by atoms with Crippen molar-refractivity contribution >= 4 is 10.2 Å². The molecule has 0 amide bonds. The molecule has 1 aliphatic rings. The van der Waals surface area contributed by atoms with Gasteiger partial charge in [-0.3, -0.25) is 0 Å². The lowest BCUT2D eigenvalue weighted by Crippen LogP contribution is -2.51. The summed E-state index contributed by atoms with van der Waals surface area (Å²) in [6.07, 6.45) is -0.0784. The zero-order chi connectivity index (χ0) is 13.1. The van der Waals surface area contributed by atoms with Crippen molar-refractivity contribution in [2.24, 2.45) is 0 Å². The number of ether oxygens (including phenoxy) is 1. The first-order valence-electron chi connectivity index (χ1n) is 5.78. The van der Waals surface area contributed by atoms with Crippen molar-refractivity contribution in [2.75, 3.05) is 33.3 Å². The van der Waals surface area contributed by atoms with Crippen LogP contribution < -0.4 is 10.0 Å². The maximum atomic E-state index is 12.0. The van der Waals surface area contributed by atoms with Crippen molar-refractivity contribution in [3.63, 3.8) is 0 Å². The van der Waals surface area contributed by atoms with E-state index in [2.05, 4.69) is 10.0 Å². The number of nitrogens with zero attached hydrogens (tertiary/aromatic N) is 1. The molecular formula is C10H23N3O3S. The molecule has 0 aromatic carbocycles. The molecule has 1 atom stereocenters. The number of likely N-dealkylation sites (N-methyl/N-ethyl adjacent to an activating group) is 1. The van der Waals surface area contributed by atoms with E-state index in [4.69, 9.17) is 4.74 Å². The molecule has 0 aromatic heterocycles. The molecule has 1 unspecified atom stereocenters. The van der Waals surface area contributed by atoms with Crippen LogP contribution in [-0.2, 0) is 14.9 Å². The summed E-state index contributed by atoms with van der Waals surface area (Å²) in [5.74, 6) is 0. The second-order valence-corrected chi connectivity index (χ2v) is 7.11. The second kappa shape index (κ2) is 5.62. The maximum absolute atomic E-state index is 12.0. The van der Waals surface area contributed by atoms with Crippen molar-refractivity contribution < 1.29 is 13.2 Å². The first-order chi connectivity index (χ1) is 7.71. The van der Waals surface area contributed by atoms with Crippen molar-refractivity contribution in [1.29, 1.82) is 0 Å². The van der Waals surface area contributed by atoms with Gasteiger partial charge >= 0.3 is 0 Å². The summed E-state index contributed by atoms with van der Waals surface area (Å²) < 4.78 is 33.3. The monoisotopic (exact) mass is 265 g/mol. The Balaban J connectivity index is 2.53. The third-order valence-corrected chi connectivity index (χ3v) is 4.15. The summed E-state index contributed by atoms with van der Waals surface area (Å²) in [7, 11) is -1.88. The first kappa shape index (κ1) is 14.8. The molecule has 0 spiro atoms. The highest BCUT2D eigenvalue weighted by atomic mass is 32.2. The molecule has 0 aliphatic carbocycles. The fourth-order valence-corrected chi connectivity index (χ4v) is 2.88. The van der Waals surface area contributed by atoms with E-state index in [1.54, 1.807) is 7.05 Å². The Morgan fingerprint density at radius 1 is 1.47 bits per heavy atom. The maximum Gasteiger partial charge on any atom is 0.279 e. The second-order valence-electron chi connectivity index (χ2n) is 5.33. The molecule has 6 nitrogen and oxygen atoms in total. The highest BCUT2D eigenvalue weighted by molar-refractivity contribution is 7.87. The molecule has 7 heteroatoms. The molecule has 1 aliphatic heterocycles. The van der Waals surface area contributed by atoms with Crippen molar-refractivity contribution in [2.45, 2.75) is 32.4 Å². The molecular weight excluding hydrogens is 242 g/mol. The minimum absolute atomic E-state index is 0.0784. The van der Waals surface area contributed by atoms with E-state index in [0.717, 1.165) is 6.54 Å². The summed E-state index contributed by atoms with van der Waals surface area (Å²) in [4.78, 5) is 0. The molecule has 0 aromatic rings. The van der Waals surface area contributed by atoms with Crippen LogP contribution in [0.4, 0.5) is 0 Å². The van der Waals surface area contributed by atoms with Gasteiger partial charge in [-0.05, 0) is 20.8 Å². The van der Waals surface area contributed by atoms with Crippen LogP contribution in [0.1, 0.15) is 20.8 Å². The van der Waals surface area contributed by atoms with E-state index < -0.39 is 15.7 Å². The lowest BCUT2D eigenvalue weighted by molar-refractivity contribution is 0.0204. The molecule has 0 saturated carbocycles. The van der Waals surface area contributed by atoms with Gasteiger partial charge in [0.05, 0.1) is 12.7 Å². The van der Waals surface area contributed by atoms with Gasteiger partial charge in [0.2, 0.25) is 0 Å². The average molecular weight is 265 g/mol. The lowest BCUT2D eigenvalue weighted by atomic mass is 10.1. The average Bonchev–Trinajstić information content (AvgIpc) is 2.15. The summed E-state index contributed by atoms with van der Waals surface area (Å²) >= 11 is 0. The van der Waals surface area contributed by atoms with E-state index in [-0.39, 0.29) is 6.10 Å². The third kappa shape index (κ3) is 5.31. The van der Waals surface area contributed by atoms with Crippen LogP contribution in [0, 0.1) is 0 Å². The van der Waals surface area contributed by atoms with Crippen LogP contribution >= 0.6 is 0 Å². The van der Waals surface area contributed by atoms with Gasteiger partial charge in [-0.1, -0.05) is 0 Å².